The van der Waals surface area contributed by atoms with Crippen LogP contribution in [0.4, 0.5) is 0 Å². The van der Waals surface area contributed by atoms with Crippen LogP contribution in [0, 0.1) is 12.8 Å². The summed E-state index contributed by atoms with van der Waals surface area (Å²) < 4.78 is 10.9. The molecule has 0 aromatic heterocycles. The van der Waals surface area contributed by atoms with E-state index in [-0.39, 0.29) is 0 Å². The molecule has 0 amide bonds. The maximum Gasteiger partial charge on any atom is 0.122 e. The molecule has 1 heterocycles. The third-order valence-corrected chi connectivity index (χ3v) is 3.78. The summed E-state index contributed by atoms with van der Waals surface area (Å²) in [6.07, 6.45) is 2.15. The first kappa shape index (κ1) is 13.4. The third kappa shape index (κ3) is 3.03. The lowest BCUT2D eigenvalue weighted by Gasteiger charge is -2.23. The van der Waals surface area contributed by atoms with Crippen LogP contribution in [0.3, 0.4) is 0 Å². The Morgan fingerprint density at radius 2 is 2.33 bits per heavy atom. The van der Waals surface area contributed by atoms with Crippen molar-refractivity contribution in [2.45, 2.75) is 25.8 Å². The molecule has 2 rings (SSSR count). The molecule has 100 valence electrons. The molecule has 1 aliphatic rings. The van der Waals surface area contributed by atoms with E-state index in [9.17, 15) is 0 Å². The van der Waals surface area contributed by atoms with Crippen LogP contribution in [-0.4, -0.2) is 33.4 Å². The van der Waals surface area contributed by atoms with E-state index in [0.717, 1.165) is 31.8 Å². The number of likely N-dealkylation sites (N-methyl/N-ethyl adjacent to an activating group) is 1. The maximum absolute atomic E-state index is 5.49. The molecule has 1 N–H and O–H groups in total. The molecular formula is C15H23NO2. The first-order chi connectivity index (χ1) is 8.74. The van der Waals surface area contributed by atoms with Gasteiger partial charge in [-0.15, -0.1) is 0 Å². The highest BCUT2D eigenvalue weighted by Gasteiger charge is 2.25. The fraction of sp³-hybridized carbons (Fsp3) is 0.600. The first-order valence-corrected chi connectivity index (χ1v) is 6.63. The summed E-state index contributed by atoms with van der Waals surface area (Å²) in [5.74, 6) is 1.60. The molecule has 3 heteroatoms. The lowest BCUT2D eigenvalue weighted by atomic mass is 9.92. The Hall–Kier alpha value is -1.06. The van der Waals surface area contributed by atoms with Crippen LogP contribution in [-0.2, 0) is 11.2 Å². The number of hydrogen-bond acceptors (Lipinski definition) is 3. The normalized spacial score (nSPS) is 20.9. The quantitative estimate of drug-likeness (QED) is 0.867. The predicted octanol–water partition coefficient (Wildman–Crippen LogP) is 2.17. The molecule has 3 nitrogen and oxygen atoms in total. The van der Waals surface area contributed by atoms with E-state index in [1.54, 1.807) is 7.11 Å². The standard InChI is InChI=1S/C15H23NO2/c1-11-4-5-15(17-3)13(8-11)9-14(16-2)12-6-7-18-10-12/h4-5,8,12,14,16H,6-7,9-10H2,1-3H3. The third-order valence-electron chi connectivity index (χ3n) is 3.78. The van der Waals surface area contributed by atoms with Crippen LogP contribution in [0.1, 0.15) is 17.5 Å². The zero-order valence-corrected chi connectivity index (χ0v) is 11.5. The molecule has 0 spiro atoms. The van der Waals surface area contributed by atoms with E-state index in [2.05, 4.69) is 30.4 Å². The number of benzene rings is 1. The number of nitrogens with one attached hydrogen (secondary N) is 1. The van der Waals surface area contributed by atoms with E-state index >= 15 is 0 Å². The van der Waals surface area contributed by atoms with E-state index in [0.29, 0.717) is 12.0 Å². The van der Waals surface area contributed by atoms with Gasteiger partial charge in [-0.3, -0.25) is 0 Å². The monoisotopic (exact) mass is 249 g/mol. The number of rotatable bonds is 5. The van der Waals surface area contributed by atoms with E-state index in [1.165, 1.54) is 11.1 Å². The summed E-state index contributed by atoms with van der Waals surface area (Å²) in [4.78, 5) is 0. The number of ether oxygens (including phenoxy) is 2. The van der Waals surface area contributed by atoms with Gasteiger partial charge in [-0.2, -0.15) is 0 Å². The Morgan fingerprint density at radius 3 is 2.94 bits per heavy atom. The zero-order chi connectivity index (χ0) is 13.0. The SMILES string of the molecule is CNC(Cc1cc(C)ccc1OC)C1CCOC1. The largest absolute Gasteiger partial charge is 0.496 e. The predicted molar refractivity (Wildman–Crippen MR) is 73.2 cm³/mol. The number of aryl methyl sites for hydroxylation is 1. The minimum atomic E-state index is 0.461. The summed E-state index contributed by atoms with van der Waals surface area (Å²) in [6.45, 7) is 3.89. The number of hydrogen-bond donors (Lipinski definition) is 1. The molecule has 18 heavy (non-hydrogen) atoms. The molecular weight excluding hydrogens is 226 g/mol. The van der Waals surface area contributed by atoms with Gasteiger partial charge in [-0.05, 0) is 38.4 Å². The van der Waals surface area contributed by atoms with E-state index in [4.69, 9.17) is 9.47 Å². The second-order valence-electron chi connectivity index (χ2n) is 5.04. The second kappa shape index (κ2) is 6.21. The van der Waals surface area contributed by atoms with Crippen molar-refractivity contribution in [1.29, 1.82) is 0 Å². The smallest absolute Gasteiger partial charge is 0.122 e. The lowest BCUT2D eigenvalue weighted by Crippen LogP contribution is -2.36. The minimum absolute atomic E-state index is 0.461. The van der Waals surface area contributed by atoms with Crippen LogP contribution in [0.2, 0.25) is 0 Å². The highest BCUT2D eigenvalue weighted by Crippen LogP contribution is 2.25. The van der Waals surface area contributed by atoms with Gasteiger partial charge < -0.3 is 14.8 Å². The summed E-state index contributed by atoms with van der Waals surface area (Å²) in [7, 11) is 3.77. The summed E-state index contributed by atoms with van der Waals surface area (Å²) in [5.41, 5.74) is 2.56. The Labute approximate surface area is 109 Å². The van der Waals surface area contributed by atoms with Gasteiger partial charge in [0.1, 0.15) is 5.75 Å². The van der Waals surface area contributed by atoms with Crippen molar-refractivity contribution in [3.63, 3.8) is 0 Å². The Morgan fingerprint density at radius 1 is 1.50 bits per heavy atom. The van der Waals surface area contributed by atoms with Crippen LogP contribution in [0.5, 0.6) is 5.75 Å². The average molecular weight is 249 g/mol. The Balaban J connectivity index is 2.12. The van der Waals surface area contributed by atoms with Gasteiger partial charge in [-0.25, -0.2) is 0 Å². The zero-order valence-electron chi connectivity index (χ0n) is 11.5. The topological polar surface area (TPSA) is 30.5 Å². The molecule has 0 aliphatic carbocycles. The van der Waals surface area contributed by atoms with Gasteiger partial charge in [0.2, 0.25) is 0 Å². The van der Waals surface area contributed by atoms with Crippen LogP contribution < -0.4 is 10.1 Å². The minimum Gasteiger partial charge on any atom is -0.496 e. The van der Waals surface area contributed by atoms with Crippen molar-refractivity contribution in [3.05, 3.63) is 29.3 Å². The Kier molecular flexibility index (Phi) is 4.61. The van der Waals surface area contributed by atoms with Crippen LogP contribution in [0.15, 0.2) is 18.2 Å². The molecule has 1 fully saturated rings. The van der Waals surface area contributed by atoms with Crippen LogP contribution in [0.25, 0.3) is 0 Å². The van der Waals surface area contributed by atoms with E-state index < -0.39 is 0 Å². The molecule has 2 atom stereocenters. The van der Waals surface area contributed by atoms with Crippen molar-refractivity contribution >= 4 is 0 Å². The molecule has 1 aromatic rings. The van der Waals surface area contributed by atoms with Gasteiger partial charge in [0.05, 0.1) is 13.7 Å². The van der Waals surface area contributed by atoms with Crippen molar-refractivity contribution in [3.8, 4) is 5.75 Å². The van der Waals surface area contributed by atoms with Gasteiger partial charge in [0.25, 0.3) is 0 Å². The fourth-order valence-electron chi connectivity index (χ4n) is 2.68. The van der Waals surface area contributed by atoms with Crippen molar-refractivity contribution < 1.29 is 9.47 Å². The molecule has 0 bridgehead atoms. The van der Waals surface area contributed by atoms with Crippen molar-refractivity contribution in [2.75, 3.05) is 27.4 Å². The van der Waals surface area contributed by atoms with E-state index in [1.807, 2.05) is 7.05 Å². The van der Waals surface area contributed by atoms with Gasteiger partial charge >= 0.3 is 0 Å². The summed E-state index contributed by atoms with van der Waals surface area (Å²) in [6, 6.07) is 6.83. The molecule has 1 aliphatic heterocycles. The van der Waals surface area contributed by atoms with Gasteiger partial charge in [0.15, 0.2) is 0 Å². The Bertz CT molecular complexity index is 386. The maximum atomic E-state index is 5.49. The van der Waals surface area contributed by atoms with Crippen molar-refractivity contribution in [2.24, 2.45) is 5.92 Å². The van der Waals surface area contributed by atoms with Crippen LogP contribution >= 0.6 is 0 Å². The second-order valence-corrected chi connectivity index (χ2v) is 5.04. The summed E-state index contributed by atoms with van der Waals surface area (Å²) in [5, 5.41) is 3.43. The van der Waals surface area contributed by atoms with Gasteiger partial charge in [-0.1, -0.05) is 17.7 Å². The van der Waals surface area contributed by atoms with Gasteiger partial charge in [0, 0.05) is 18.6 Å². The summed E-state index contributed by atoms with van der Waals surface area (Å²) >= 11 is 0. The molecule has 0 saturated carbocycles. The fourth-order valence-corrected chi connectivity index (χ4v) is 2.68. The number of methoxy groups -OCH3 is 1. The molecule has 1 saturated heterocycles. The molecule has 1 aromatic carbocycles. The van der Waals surface area contributed by atoms with Crippen molar-refractivity contribution in [1.82, 2.24) is 5.32 Å². The lowest BCUT2D eigenvalue weighted by molar-refractivity contribution is 0.177. The molecule has 2 unspecified atom stereocenters. The molecule has 0 radical (unpaired) electrons. The highest BCUT2D eigenvalue weighted by molar-refractivity contribution is 5.37. The average Bonchev–Trinajstić information content (AvgIpc) is 2.90. The highest BCUT2D eigenvalue weighted by atomic mass is 16.5. The first-order valence-electron chi connectivity index (χ1n) is 6.63.